The Balaban J connectivity index is 2.10. The number of hydrogen-bond acceptors (Lipinski definition) is 4. The number of imidazole rings is 1. The van der Waals surface area contributed by atoms with Crippen LogP contribution in [0.25, 0.3) is 5.65 Å². The van der Waals surface area contributed by atoms with Gasteiger partial charge in [0.25, 0.3) is 5.91 Å². The summed E-state index contributed by atoms with van der Waals surface area (Å²) in [4.78, 5) is 29.9. The summed E-state index contributed by atoms with van der Waals surface area (Å²) in [5.41, 5.74) is 1.05. The number of rotatable bonds is 7. The standard InChI is InChI=1S/C15H20N4O2/c1-3-18(4-2)10-8-16-15(21)14-12(11-20)19-9-6-5-7-13(19)17-14/h5-7,9,11H,3-4,8,10H2,1-2H3,(H,16,21). The third-order valence-corrected chi connectivity index (χ3v) is 3.50. The number of amides is 1. The van der Waals surface area contributed by atoms with Gasteiger partial charge in [-0.2, -0.15) is 0 Å². The third kappa shape index (κ3) is 3.28. The zero-order valence-electron chi connectivity index (χ0n) is 12.4. The fourth-order valence-electron chi connectivity index (χ4n) is 2.25. The zero-order chi connectivity index (χ0) is 15.2. The van der Waals surface area contributed by atoms with Gasteiger partial charge < -0.3 is 10.2 Å². The van der Waals surface area contributed by atoms with E-state index in [1.54, 1.807) is 22.7 Å². The van der Waals surface area contributed by atoms with E-state index in [2.05, 4.69) is 29.0 Å². The van der Waals surface area contributed by atoms with E-state index in [0.717, 1.165) is 19.6 Å². The van der Waals surface area contributed by atoms with Gasteiger partial charge in [0.2, 0.25) is 0 Å². The minimum Gasteiger partial charge on any atom is -0.349 e. The second kappa shape index (κ2) is 6.99. The molecular weight excluding hydrogens is 268 g/mol. The third-order valence-electron chi connectivity index (χ3n) is 3.50. The molecule has 0 fully saturated rings. The molecule has 21 heavy (non-hydrogen) atoms. The van der Waals surface area contributed by atoms with Gasteiger partial charge in [-0.25, -0.2) is 4.98 Å². The Bertz CT molecular complexity index is 632. The fraction of sp³-hybridized carbons (Fsp3) is 0.400. The number of pyridine rings is 1. The lowest BCUT2D eigenvalue weighted by molar-refractivity contribution is 0.0938. The van der Waals surface area contributed by atoms with Crippen LogP contribution in [0, 0.1) is 0 Å². The van der Waals surface area contributed by atoms with E-state index >= 15 is 0 Å². The van der Waals surface area contributed by atoms with Gasteiger partial charge in [-0.05, 0) is 25.2 Å². The van der Waals surface area contributed by atoms with E-state index in [4.69, 9.17) is 0 Å². The highest BCUT2D eigenvalue weighted by Crippen LogP contribution is 2.10. The number of aromatic nitrogens is 2. The average Bonchev–Trinajstić information content (AvgIpc) is 2.90. The SMILES string of the molecule is CCN(CC)CCNC(=O)c1nc2ccccn2c1C=O. The summed E-state index contributed by atoms with van der Waals surface area (Å²) in [6, 6.07) is 5.38. The molecule has 0 aliphatic rings. The quantitative estimate of drug-likeness (QED) is 0.778. The highest BCUT2D eigenvalue weighted by Gasteiger charge is 2.17. The summed E-state index contributed by atoms with van der Waals surface area (Å²) in [5, 5.41) is 2.82. The molecule has 0 aliphatic carbocycles. The first-order chi connectivity index (χ1) is 10.2. The lowest BCUT2D eigenvalue weighted by Crippen LogP contribution is -2.35. The van der Waals surface area contributed by atoms with Crippen LogP contribution in [0.1, 0.15) is 34.8 Å². The molecule has 0 radical (unpaired) electrons. The molecule has 112 valence electrons. The van der Waals surface area contributed by atoms with E-state index in [9.17, 15) is 9.59 Å². The minimum absolute atomic E-state index is 0.177. The first-order valence-corrected chi connectivity index (χ1v) is 7.14. The van der Waals surface area contributed by atoms with E-state index < -0.39 is 0 Å². The first-order valence-electron chi connectivity index (χ1n) is 7.14. The van der Waals surface area contributed by atoms with Crippen molar-refractivity contribution in [2.24, 2.45) is 0 Å². The first kappa shape index (κ1) is 15.2. The number of nitrogens with zero attached hydrogens (tertiary/aromatic N) is 3. The lowest BCUT2D eigenvalue weighted by atomic mass is 10.3. The van der Waals surface area contributed by atoms with E-state index in [1.807, 2.05) is 6.07 Å². The summed E-state index contributed by atoms with van der Waals surface area (Å²) >= 11 is 0. The monoisotopic (exact) mass is 288 g/mol. The summed E-state index contributed by atoms with van der Waals surface area (Å²) < 4.78 is 1.62. The van der Waals surface area contributed by atoms with Crippen molar-refractivity contribution in [3.8, 4) is 0 Å². The van der Waals surface area contributed by atoms with E-state index in [1.165, 1.54) is 0 Å². The molecular formula is C15H20N4O2. The molecule has 2 aromatic heterocycles. The maximum Gasteiger partial charge on any atom is 0.272 e. The maximum absolute atomic E-state index is 12.2. The highest BCUT2D eigenvalue weighted by molar-refractivity contribution is 6.00. The van der Waals surface area contributed by atoms with Crippen LogP contribution in [0.4, 0.5) is 0 Å². The molecule has 0 aliphatic heterocycles. The lowest BCUT2D eigenvalue weighted by Gasteiger charge is -2.17. The molecule has 2 aromatic rings. The Kier molecular flexibility index (Phi) is 5.05. The predicted octanol–water partition coefficient (Wildman–Crippen LogP) is 1.22. The van der Waals surface area contributed by atoms with Crippen LogP contribution >= 0.6 is 0 Å². The van der Waals surface area contributed by atoms with Gasteiger partial charge in [0, 0.05) is 19.3 Å². The Hall–Kier alpha value is -2.21. The summed E-state index contributed by atoms with van der Waals surface area (Å²) in [7, 11) is 0. The van der Waals surface area contributed by atoms with Crippen LogP contribution in [-0.2, 0) is 0 Å². The number of hydrogen-bond donors (Lipinski definition) is 1. The van der Waals surface area contributed by atoms with Crippen LogP contribution in [-0.4, -0.2) is 52.7 Å². The van der Waals surface area contributed by atoms with Crippen LogP contribution in [0.3, 0.4) is 0 Å². The van der Waals surface area contributed by atoms with Gasteiger partial charge in [-0.3, -0.25) is 14.0 Å². The molecule has 0 spiro atoms. The maximum atomic E-state index is 12.2. The second-order valence-electron chi connectivity index (χ2n) is 4.68. The molecule has 0 saturated carbocycles. The van der Waals surface area contributed by atoms with Gasteiger partial charge in [-0.1, -0.05) is 19.9 Å². The van der Waals surface area contributed by atoms with Crippen molar-refractivity contribution in [3.63, 3.8) is 0 Å². The van der Waals surface area contributed by atoms with Crippen molar-refractivity contribution in [2.75, 3.05) is 26.2 Å². The predicted molar refractivity (Wildman–Crippen MR) is 80.7 cm³/mol. The van der Waals surface area contributed by atoms with Crippen molar-refractivity contribution in [3.05, 3.63) is 35.8 Å². The number of carbonyl (C=O) groups is 2. The molecule has 2 heterocycles. The van der Waals surface area contributed by atoms with Crippen LogP contribution < -0.4 is 5.32 Å². The molecule has 0 saturated heterocycles. The number of aldehydes is 1. The molecule has 6 nitrogen and oxygen atoms in total. The number of fused-ring (bicyclic) bond motifs is 1. The molecule has 0 aromatic carbocycles. The van der Waals surface area contributed by atoms with Crippen molar-refractivity contribution in [1.29, 1.82) is 0 Å². The minimum atomic E-state index is -0.312. The van der Waals surface area contributed by atoms with Crippen molar-refractivity contribution in [2.45, 2.75) is 13.8 Å². The molecule has 1 N–H and O–H groups in total. The van der Waals surface area contributed by atoms with Crippen LogP contribution in [0.15, 0.2) is 24.4 Å². The van der Waals surface area contributed by atoms with E-state index in [-0.39, 0.29) is 17.3 Å². The van der Waals surface area contributed by atoms with Crippen LogP contribution in [0.2, 0.25) is 0 Å². The Labute approximate surface area is 123 Å². The van der Waals surface area contributed by atoms with Crippen molar-refractivity contribution >= 4 is 17.8 Å². The molecule has 0 bridgehead atoms. The zero-order valence-corrected chi connectivity index (χ0v) is 12.4. The number of likely N-dealkylation sites (N-methyl/N-ethyl adjacent to an activating group) is 1. The van der Waals surface area contributed by atoms with Crippen molar-refractivity contribution in [1.82, 2.24) is 19.6 Å². The van der Waals surface area contributed by atoms with Gasteiger partial charge >= 0.3 is 0 Å². The van der Waals surface area contributed by atoms with Gasteiger partial charge in [0.15, 0.2) is 12.0 Å². The van der Waals surface area contributed by atoms with Crippen LogP contribution in [0.5, 0.6) is 0 Å². The second-order valence-corrected chi connectivity index (χ2v) is 4.68. The van der Waals surface area contributed by atoms with Gasteiger partial charge in [-0.15, -0.1) is 0 Å². The normalized spacial score (nSPS) is 11.0. The largest absolute Gasteiger partial charge is 0.349 e. The number of nitrogens with one attached hydrogen (secondary N) is 1. The smallest absolute Gasteiger partial charge is 0.272 e. The average molecular weight is 288 g/mol. The summed E-state index contributed by atoms with van der Waals surface area (Å²) in [6.07, 6.45) is 2.39. The van der Waals surface area contributed by atoms with Gasteiger partial charge in [0.1, 0.15) is 11.3 Å². The van der Waals surface area contributed by atoms with Crippen molar-refractivity contribution < 1.29 is 9.59 Å². The molecule has 6 heteroatoms. The Morgan fingerprint density at radius 3 is 2.81 bits per heavy atom. The molecule has 0 atom stereocenters. The summed E-state index contributed by atoms with van der Waals surface area (Å²) in [5.74, 6) is -0.312. The molecule has 1 amide bonds. The highest BCUT2D eigenvalue weighted by atomic mass is 16.2. The Morgan fingerprint density at radius 1 is 1.38 bits per heavy atom. The van der Waals surface area contributed by atoms with E-state index in [0.29, 0.717) is 18.5 Å². The molecule has 2 rings (SSSR count). The van der Waals surface area contributed by atoms with Gasteiger partial charge in [0.05, 0.1) is 0 Å². The number of carbonyl (C=O) groups excluding carboxylic acids is 2. The topological polar surface area (TPSA) is 66.7 Å². The summed E-state index contributed by atoms with van der Waals surface area (Å²) in [6.45, 7) is 7.37. The Morgan fingerprint density at radius 2 is 2.14 bits per heavy atom. The fourth-order valence-corrected chi connectivity index (χ4v) is 2.25. The molecule has 0 unspecified atom stereocenters.